The molecule has 0 rings (SSSR count). The van der Waals surface area contributed by atoms with Crippen molar-refractivity contribution in [3.05, 3.63) is 0 Å². The molecule has 5 N–H and O–H groups in total. The summed E-state index contributed by atoms with van der Waals surface area (Å²) in [5.74, 6) is -0.704. The number of nitrogens with two attached hydrogens (primary N) is 1. The fourth-order valence-electron chi connectivity index (χ4n) is 2.00. The predicted molar refractivity (Wildman–Crippen MR) is 78.1 cm³/mol. The quantitative estimate of drug-likeness (QED) is 0.248. The van der Waals surface area contributed by atoms with Crippen LogP contribution >= 0.6 is 0 Å². The van der Waals surface area contributed by atoms with Gasteiger partial charge in [0.1, 0.15) is 6.04 Å². The molecule has 6 nitrogen and oxygen atoms in total. The number of carbonyl (C=O) groups excluding carboxylic acids is 2. The summed E-state index contributed by atoms with van der Waals surface area (Å²) < 4.78 is 0. The van der Waals surface area contributed by atoms with E-state index in [1.165, 1.54) is 12.8 Å². The van der Waals surface area contributed by atoms with Gasteiger partial charge >= 0.3 is 0 Å². The van der Waals surface area contributed by atoms with Gasteiger partial charge in [-0.05, 0) is 32.2 Å². The minimum Gasteiger partial charge on any atom is -0.344 e. The van der Waals surface area contributed by atoms with Gasteiger partial charge in [-0.1, -0.05) is 32.6 Å². The summed E-state index contributed by atoms with van der Waals surface area (Å²) >= 11 is 0. The molecule has 0 aromatic rings. The Labute approximate surface area is 121 Å². The van der Waals surface area contributed by atoms with E-state index >= 15 is 0 Å². The average Bonchev–Trinajstić information content (AvgIpc) is 2.45. The zero-order valence-corrected chi connectivity index (χ0v) is 12.5. The zero-order valence-electron chi connectivity index (χ0n) is 12.5. The molecule has 118 valence electrons. The van der Waals surface area contributed by atoms with Gasteiger partial charge in [0.15, 0.2) is 0 Å². The van der Waals surface area contributed by atoms with Gasteiger partial charge in [0.05, 0.1) is 0 Å². The third-order valence-electron chi connectivity index (χ3n) is 3.22. The van der Waals surface area contributed by atoms with Gasteiger partial charge in [-0.25, -0.2) is 5.48 Å². The molecule has 0 bridgehead atoms. The number of hydroxylamine groups is 1. The Morgan fingerprint density at radius 1 is 1.10 bits per heavy atom. The van der Waals surface area contributed by atoms with Gasteiger partial charge in [-0.2, -0.15) is 0 Å². The lowest BCUT2D eigenvalue weighted by atomic mass is 10.1. The van der Waals surface area contributed by atoms with Crippen LogP contribution in [0.2, 0.25) is 0 Å². The molecule has 0 aliphatic carbocycles. The highest BCUT2D eigenvalue weighted by Crippen LogP contribution is 2.06. The third kappa shape index (κ3) is 9.75. The summed E-state index contributed by atoms with van der Waals surface area (Å²) in [4.78, 5) is 23.2. The van der Waals surface area contributed by atoms with E-state index in [1.54, 1.807) is 5.48 Å². The normalized spacial score (nSPS) is 11.9. The Balaban J connectivity index is 3.95. The van der Waals surface area contributed by atoms with Crippen LogP contribution in [-0.2, 0) is 9.59 Å². The minimum atomic E-state index is -0.672. The lowest BCUT2D eigenvalue weighted by Crippen LogP contribution is -2.45. The second kappa shape index (κ2) is 12.9. The lowest BCUT2D eigenvalue weighted by molar-refractivity contribution is -0.135. The van der Waals surface area contributed by atoms with Crippen molar-refractivity contribution in [3.63, 3.8) is 0 Å². The Morgan fingerprint density at radius 2 is 1.80 bits per heavy atom. The second-order valence-electron chi connectivity index (χ2n) is 5.04. The van der Waals surface area contributed by atoms with Crippen molar-refractivity contribution in [2.24, 2.45) is 5.73 Å². The van der Waals surface area contributed by atoms with Crippen LogP contribution in [0.25, 0.3) is 0 Å². The van der Waals surface area contributed by atoms with Gasteiger partial charge in [0, 0.05) is 6.42 Å². The molecule has 20 heavy (non-hydrogen) atoms. The molecular formula is C14H29N3O3. The van der Waals surface area contributed by atoms with E-state index in [-0.39, 0.29) is 5.91 Å². The summed E-state index contributed by atoms with van der Waals surface area (Å²) in [5.41, 5.74) is 6.99. The zero-order chi connectivity index (χ0) is 15.2. The molecule has 0 aliphatic rings. The van der Waals surface area contributed by atoms with E-state index < -0.39 is 11.9 Å². The Kier molecular flexibility index (Phi) is 12.1. The summed E-state index contributed by atoms with van der Waals surface area (Å²) in [6, 6.07) is -0.672. The van der Waals surface area contributed by atoms with E-state index in [2.05, 4.69) is 12.2 Å². The SMILES string of the molecule is CCCCCCCC(=O)N[C@H](CCCCN)C(=O)NO. The predicted octanol–water partition coefficient (Wildman–Crippen LogP) is 1.47. The Morgan fingerprint density at radius 3 is 2.40 bits per heavy atom. The van der Waals surface area contributed by atoms with Crippen LogP contribution in [0, 0.1) is 0 Å². The number of hydrogen-bond acceptors (Lipinski definition) is 4. The van der Waals surface area contributed by atoms with E-state index in [1.807, 2.05) is 0 Å². The summed E-state index contributed by atoms with van der Waals surface area (Å²) in [7, 11) is 0. The topological polar surface area (TPSA) is 104 Å². The van der Waals surface area contributed by atoms with Crippen LogP contribution in [0.3, 0.4) is 0 Å². The van der Waals surface area contributed by atoms with Gasteiger partial charge in [-0.3, -0.25) is 14.8 Å². The monoisotopic (exact) mass is 287 g/mol. The molecule has 0 spiro atoms. The number of hydrogen-bond donors (Lipinski definition) is 4. The third-order valence-corrected chi connectivity index (χ3v) is 3.22. The van der Waals surface area contributed by atoms with Crippen LogP contribution in [0.1, 0.15) is 64.7 Å². The van der Waals surface area contributed by atoms with Crippen molar-refractivity contribution in [3.8, 4) is 0 Å². The van der Waals surface area contributed by atoms with Crippen LogP contribution in [-0.4, -0.2) is 29.6 Å². The van der Waals surface area contributed by atoms with Crippen molar-refractivity contribution in [1.82, 2.24) is 10.8 Å². The molecule has 0 aromatic heterocycles. The molecule has 1 atom stereocenters. The minimum absolute atomic E-state index is 0.136. The fraction of sp³-hybridized carbons (Fsp3) is 0.857. The average molecular weight is 287 g/mol. The van der Waals surface area contributed by atoms with Gasteiger partial charge in [0.25, 0.3) is 5.91 Å². The van der Waals surface area contributed by atoms with Crippen LogP contribution in [0.15, 0.2) is 0 Å². The molecule has 0 saturated carbocycles. The second-order valence-corrected chi connectivity index (χ2v) is 5.04. The van der Waals surface area contributed by atoms with Crippen LogP contribution in [0.4, 0.5) is 0 Å². The van der Waals surface area contributed by atoms with Crippen molar-refractivity contribution in [2.45, 2.75) is 70.8 Å². The number of unbranched alkanes of at least 4 members (excludes halogenated alkanes) is 5. The Hall–Kier alpha value is -1.14. The summed E-state index contributed by atoms with van der Waals surface area (Å²) in [5, 5.41) is 11.3. The van der Waals surface area contributed by atoms with Crippen molar-refractivity contribution in [1.29, 1.82) is 0 Å². The highest BCUT2D eigenvalue weighted by atomic mass is 16.5. The molecule has 0 radical (unpaired) electrons. The van der Waals surface area contributed by atoms with Crippen LogP contribution < -0.4 is 16.5 Å². The maximum Gasteiger partial charge on any atom is 0.265 e. The molecule has 0 unspecified atom stereocenters. The summed E-state index contributed by atoms with van der Waals surface area (Å²) in [6.07, 6.45) is 7.82. The Bertz CT molecular complexity index is 272. The first-order valence-electron chi connectivity index (χ1n) is 7.59. The van der Waals surface area contributed by atoms with Crippen molar-refractivity contribution >= 4 is 11.8 Å². The van der Waals surface area contributed by atoms with Crippen molar-refractivity contribution in [2.75, 3.05) is 6.54 Å². The number of rotatable bonds is 12. The van der Waals surface area contributed by atoms with Gasteiger partial charge < -0.3 is 11.1 Å². The molecule has 0 fully saturated rings. The first-order valence-corrected chi connectivity index (χ1v) is 7.59. The van der Waals surface area contributed by atoms with E-state index in [4.69, 9.17) is 10.9 Å². The molecule has 0 heterocycles. The highest BCUT2D eigenvalue weighted by molar-refractivity contribution is 5.86. The number of nitrogens with one attached hydrogen (secondary N) is 2. The molecular weight excluding hydrogens is 258 g/mol. The number of carbonyl (C=O) groups is 2. The standard InChI is InChI=1S/C14H29N3O3/c1-2-3-4-5-6-10-13(18)16-12(14(19)17-20)9-7-8-11-15/h12,20H,2-11,15H2,1H3,(H,16,18)(H,17,19)/t12-/m1/s1. The van der Waals surface area contributed by atoms with E-state index in [0.717, 1.165) is 32.1 Å². The first kappa shape index (κ1) is 18.9. The maximum atomic E-state index is 11.7. The first-order chi connectivity index (χ1) is 9.65. The highest BCUT2D eigenvalue weighted by Gasteiger charge is 2.19. The number of amides is 2. The molecule has 6 heteroatoms. The molecule has 0 aromatic carbocycles. The van der Waals surface area contributed by atoms with E-state index in [0.29, 0.717) is 19.4 Å². The summed E-state index contributed by atoms with van der Waals surface area (Å²) in [6.45, 7) is 2.70. The molecule has 2 amide bonds. The van der Waals surface area contributed by atoms with E-state index in [9.17, 15) is 9.59 Å². The smallest absolute Gasteiger partial charge is 0.265 e. The van der Waals surface area contributed by atoms with Gasteiger partial charge in [-0.15, -0.1) is 0 Å². The molecule has 0 aliphatic heterocycles. The molecule has 0 saturated heterocycles. The largest absolute Gasteiger partial charge is 0.344 e. The van der Waals surface area contributed by atoms with Gasteiger partial charge in [0.2, 0.25) is 5.91 Å². The van der Waals surface area contributed by atoms with Crippen LogP contribution in [0.5, 0.6) is 0 Å². The lowest BCUT2D eigenvalue weighted by Gasteiger charge is -2.16. The van der Waals surface area contributed by atoms with Crippen molar-refractivity contribution < 1.29 is 14.8 Å². The maximum absolute atomic E-state index is 11.7. The fourth-order valence-corrected chi connectivity index (χ4v) is 2.00.